The molecule has 3 unspecified atom stereocenters. The van der Waals surface area contributed by atoms with Gasteiger partial charge in [-0.15, -0.1) is 6.58 Å². The van der Waals surface area contributed by atoms with Crippen molar-refractivity contribution in [1.82, 2.24) is 5.32 Å². The Hall–Kier alpha value is -1.61. The third kappa shape index (κ3) is 4.43. The zero-order valence-corrected chi connectivity index (χ0v) is 12.5. The van der Waals surface area contributed by atoms with E-state index < -0.39 is 0 Å². The minimum atomic E-state index is 0.0439. The molecular weight excluding hydrogens is 262 g/mol. The van der Waals surface area contributed by atoms with Crippen LogP contribution < -0.4 is 5.32 Å². The summed E-state index contributed by atoms with van der Waals surface area (Å²) in [5.41, 5.74) is 1.12. The molecule has 1 aromatic rings. The topological polar surface area (TPSA) is 49.3 Å². The molecule has 1 aromatic carbocycles. The molecule has 0 spiro atoms. The highest BCUT2D eigenvalue weighted by Crippen LogP contribution is 2.25. The summed E-state index contributed by atoms with van der Waals surface area (Å²) in [5.74, 6) is 0.304. The van der Waals surface area contributed by atoms with Crippen LogP contribution in [0.2, 0.25) is 0 Å². The lowest BCUT2D eigenvalue weighted by Gasteiger charge is -2.31. The van der Waals surface area contributed by atoms with Gasteiger partial charge in [-0.2, -0.15) is 0 Å². The lowest BCUT2D eigenvalue weighted by Crippen LogP contribution is -2.43. The number of hydrogen-bond acceptors (Lipinski definition) is 2. The lowest BCUT2D eigenvalue weighted by atomic mass is 9.84. The van der Waals surface area contributed by atoms with Crippen molar-refractivity contribution in [2.45, 2.75) is 44.1 Å². The molecule has 3 heteroatoms. The van der Waals surface area contributed by atoms with Crippen molar-refractivity contribution >= 4 is 5.91 Å². The molecule has 2 N–H and O–H groups in total. The minimum absolute atomic E-state index is 0.0439. The van der Waals surface area contributed by atoms with E-state index in [9.17, 15) is 9.90 Å². The van der Waals surface area contributed by atoms with Crippen molar-refractivity contribution in [2.75, 3.05) is 6.61 Å². The number of hydrogen-bond donors (Lipinski definition) is 2. The molecule has 1 fully saturated rings. The Morgan fingerprint density at radius 3 is 2.71 bits per heavy atom. The monoisotopic (exact) mass is 287 g/mol. The van der Waals surface area contributed by atoms with Crippen molar-refractivity contribution in [3.8, 4) is 0 Å². The van der Waals surface area contributed by atoms with Crippen molar-refractivity contribution in [3.63, 3.8) is 0 Å². The highest BCUT2D eigenvalue weighted by Gasteiger charge is 2.26. The average Bonchev–Trinajstić information content (AvgIpc) is 2.54. The lowest BCUT2D eigenvalue weighted by molar-refractivity contribution is -0.122. The van der Waals surface area contributed by atoms with Gasteiger partial charge in [-0.3, -0.25) is 4.79 Å². The van der Waals surface area contributed by atoms with Crippen molar-refractivity contribution in [1.29, 1.82) is 0 Å². The van der Waals surface area contributed by atoms with Gasteiger partial charge < -0.3 is 10.4 Å². The van der Waals surface area contributed by atoms with Crippen LogP contribution in [0.3, 0.4) is 0 Å². The molecule has 1 aliphatic rings. The molecule has 2 rings (SSSR count). The van der Waals surface area contributed by atoms with Crippen LogP contribution >= 0.6 is 0 Å². The Labute approximate surface area is 127 Å². The summed E-state index contributed by atoms with van der Waals surface area (Å²) in [5, 5.41) is 12.5. The van der Waals surface area contributed by atoms with Gasteiger partial charge in [-0.05, 0) is 18.4 Å². The van der Waals surface area contributed by atoms with Crippen molar-refractivity contribution in [3.05, 3.63) is 48.6 Å². The summed E-state index contributed by atoms with van der Waals surface area (Å²) in [7, 11) is 0. The molecule has 0 heterocycles. The van der Waals surface area contributed by atoms with Gasteiger partial charge in [0, 0.05) is 30.9 Å². The maximum atomic E-state index is 12.3. The molecule has 1 aliphatic carbocycles. The van der Waals surface area contributed by atoms with Crippen LogP contribution in [-0.2, 0) is 4.79 Å². The first-order valence-corrected chi connectivity index (χ1v) is 7.82. The Kier molecular flexibility index (Phi) is 6.00. The molecule has 21 heavy (non-hydrogen) atoms. The van der Waals surface area contributed by atoms with Crippen molar-refractivity contribution < 1.29 is 9.90 Å². The van der Waals surface area contributed by atoms with Crippen LogP contribution in [0.1, 0.15) is 43.6 Å². The summed E-state index contributed by atoms with van der Waals surface area (Å²) in [4.78, 5) is 12.3. The van der Waals surface area contributed by atoms with Crippen LogP contribution in [0.15, 0.2) is 43.0 Å². The number of benzene rings is 1. The number of nitrogens with one attached hydrogen (secondary N) is 1. The quantitative estimate of drug-likeness (QED) is 0.790. The molecular formula is C18H25NO2. The summed E-state index contributed by atoms with van der Waals surface area (Å²) in [6.45, 7) is 4.01. The van der Waals surface area contributed by atoms with E-state index in [0.717, 1.165) is 31.2 Å². The minimum Gasteiger partial charge on any atom is -0.396 e. The Balaban J connectivity index is 1.92. The number of aliphatic hydroxyl groups excluding tert-OH is 1. The summed E-state index contributed by atoms with van der Waals surface area (Å²) >= 11 is 0. The Morgan fingerprint density at radius 2 is 2.05 bits per heavy atom. The SMILES string of the molecule is C=CC(CC(=O)NC1CCCCC1CO)c1ccccc1. The Bertz CT molecular complexity index is 458. The van der Waals surface area contributed by atoms with E-state index in [1.807, 2.05) is 36.4 Å². The van der Waals surface area contributed by atoms with Gasteiger partial charge in [0.25, 0.3) is 0 Å². The van der Waals surface area contributed by atoms with Crippen molar-refractivity contribution in [2.24, 2.45) is 5.92 Å². The normalized spacial score (nSPS) is 23.3. The second kappa shape index (κ2) is 7.99. The predicted molar refractivity (Wildman–Crippen MR) is 85.0 cm³/mol. The first-order valence-electron chi connectivity index (χ1n) is 7.82. The number of aliphatic hydroxyl groups is 1. The van der Waals surface area contributed by atoms with E-state index in [-0.39, 0.29) is 30.4 Å². The van der Waals surface area contributed by atoms with E-state index in [1.54, 1.807) is 0 Å². The summed E-state index contributed by atoms with van der Waals surface area (Å²) < 4.78 is 0. The van der Waals surface area contributed by atoms with Crippen LogP contribution in [-0.4, -0.2) is 23.7 Å². The fraction of sp³-hybridized carbons (Fsp3) is 0.500. The standard InChI is InChI=1S/C18H25NO2/c1-2-14(15-8-4-3-5-9-15)12-18(21)19-17-11-7-6-10-16(17)13-20/h2-5,8-9,14,16-17,20H,1,6-7,10-13H2,(H,19,21). The van der Waals surface area contributed by atoms with Crippen LogP contribution in [0.25, 0.3) is 0 Å². The van der Waals surface area contributed by atoms with Crippen LogP contribution in [0.4, 0.5) is 0 Å². The van der Waals surface area contributed by atoms with E-state index in [0.29, 0.717) is 6.42 Å². The third-order valence-corrected chi connectivity index (χ3v) is 4.41. The van der Waals surface area contributed by atoms with Gasteiger partial charge in [0.05, 0.1) is 0 Å². The van der Waals surface area contributed by atoms with Gasteiger partial charge in [0.15, 0.2) is 0 Å². The number of rotatable bonds is 6. The van der Waals surface area contributed by atoms with Crippen LogP contribution in [0.5, 0.6) is 0 Å². The number of carbonyl (C=O) groups excluding carboxylic acids is 1. The molecule has 1 saturated carbocycles. The molecule has 114 valence electrons. The van der Waals surface area contributed by atoms with E-state index >= 15 is 0 Å². The molecule has 0 radical (unpaired) electrons. The number of carbonyl (C=O) groups is 1. The van der Waals surface area contributed by atoms with Gasteiger partial charge in [0.1, 0.15) is 0 Å². The maximum Gasteiger partial charge on any atom is 0.221 e. The zero-order valence-electron chi connectivity index (χ0n) is 12.5. The van der Waals surface area contributed by atoms with Gasteiger partial charge in [0.2, 0.25) is 5.91 Å². The fourth-order valence-corrected chi connectivity index (χ4v) is 3.12. The van der Waals surface area contributed by atoms with Gasteiger partial charge in [-0.1, -0.05) is 49.2 Å². The molecule has 0 aromatic heterocycles. The van der Waals surface area contributed by atoms with Crippen LogP contribution in [0, 0.1) is 5.92 Å². The average molecular weight is 287 g/mol. The smallest absolute Gasteiger partial charge is 0.221 e. The zero-order chi connectivity index (χ0) is 15.1. The second-order valence-electron chi connectivity index (χ2n) is 5.86. The molecule has 3 atom stereocenters. The highest BCUT2D eigenvalue weighted by molar-refractivity contribution is 5.77. The largest absolute Gasteiger partial charge is 0.396 e. The molecule has 0 bridgehead atoms. The summed E-state index contributed by atoms with van der Waals surface area (Å²) in [6, 6.07) is 10.1. The molecule has 1 amide bonds. The second-order valence-corrected chi connectivity index (χ2v) is 5.86. The maximum absolute atomic E-state index is 12.3. The third-order valence-electron chi connectivity index (χ3n) is 4.41. The summed E-state index contributed by atoms with van der Waals surface area (Å²) in [6.07, 6.45) is 6.51. The molecule has 0 aliphatic heterocycles. The number of amides is 1. The number of allylic oxidation sites excluding steroid dienone is 1. The predicted octanol–water partition coefficient (Wildman–Crippen LogP) is 3.01. The molecule has 3 nitrogen and oxygen atoms in total. The van der Waals surface area contributed by atoms with Gasteiger partial charge >= 0.3 is 0 Å². The first-order chi connectivity index (χ1) is 10.2. The van der Waals surface area contributed by atoms with Gasteiger partial charge in [-0.25, -0.2) is 0 Å². The fourth-order valence-electron chi connectivity index (χ4n) is 3.12. The van der Waals surface area contributed by atoms with E-state index in [1.165, 1.54) is 0 Å². The van der Waals surface area contributed by atoms with E-state index in [2.05, 4.69) is 11.9 Å². The Morgan fingerprint density at radius 1 is 1.33 bits per heavy atom. The molecule has 0 saturated heterocycles. The highest BCUT2D eigenvalue weighted by atomic mass is 16.3. The first kappa shape index (κ1) is 15.8. The van der Waals surface area contributed by atoms with E-state index in [4.69, 9.17) is 0 Å².